The van der Waals surface area contributed by atoms with Gasteiger partial charge in [0, 0.05) is 17.8 Å². The smallest absolute Gasteiger partial charge is 0.212 e. The number of pyridine rings is 1. The van der Waals surface area contributed by atoms with Crippen LogP contribution in [0.2, 0.25) is 0 Å². The number of furan rings is 1. The lowest BCUT2D eigenvalue weighted by molar-refractivity contribution is 0.397. The minimum absolute atomic E-state index is 0.0175. The number of hydrogen-bond acceptors (Lipinski definition) is 5. The summed E-state index contributed by atoms with van der Waals surface area (Å²) in [7, 11) is 1.59. The lowest BCUT2D eigenvalue weighted by atomic mass is 10.0. The van der Waals surface area contributed by atoms with Gasteiger partial charge in [0.2, 0.25) is 5.88 Å². The highest BCUT2D eigenvalue weighted by molar-refractivity contribution is 5.21. The SMILES string of the molecule is COc1ccc(CC(NN)c2ccoc2)cn1. The number of nitrogens with zero attached hydrogens (tertiary/aromatic N) is 1. The Labute approximate surface area is 99.6 Å². The first kappa shape index (κ1) is 11.6. The molecule has 5 heteroatoms. The molecule has 17 heavy (non-hydrogen) atoms. The van der Waals surface area contributed by atoms with Crippen LogP contribution in [0.4, 0.5) is 0 Å². The van der Waals surface area contributed by atoms with Gasteiger partial charge in [-0.3, -0.25) is 11.3 Å². The van der Waals surface area contributed by atoms with Crippen molar-refractivity contribution in [1.29, 1.82) is 0 Å². The molecule has 5 nitrogen and oxygen atoms in total. The van der Waals surface area contributed by atoms with Crippen molar-refractivity contribution in [2.45, 2.75) is 12.5 Å². The van der Waals surface area contributed by atoms with E-state index in [1.165, 1.54) is 0 Å². The van der Waals surface area contributed by atoms with Crippen LogP contribution in [-0.2, 0) is 6.42 Å². The van der Waals surface area contributed by atoms with Crippen molar-refractivity contribution in [3.05, 3.63) is 48.0 Å². The molecule has 0 aliphatic rings. The maximum absolute atomic E-state index is 5.53. The summed E-state index contributed by atoms with van der Waals surface area (Å²) < 4.78 is 10.0. The van der Waals surface area contributed by atoms with Crippen LogP contribution in [0.3, 0.4) is 0 Å². The van der Waals surface area contributed by atoms with Crippen molar-refractivity contribution >= 4 is 0 Å². The van der Waals surface area contributed by atoms with Crippen LogP contribution >= 0.6 is 0 Å². The average Bonchev–Trinajstić information content (AvgIpc) is 2.90. The second-order valence-electron chi connectivity index (χ2n) is 3.69. The van der Waals surface area contributed by atoms with Crippen LogP contribution < -0.4 is 16.0 Å². The van der Waals surface area contributed by atoms with Crippen molar-refractivity contribution in [1.82, 2.24) is 10.4 Å². The molecule has 0 saturated carbocycles. The second-order valence-corrected chi connectivity index (χ2v) is 3.69. The second kappa shape index (κ2) is 5.47. The van der Waals surface area contributed by atoms with E-state index in [0.717, 1.165) is 17.5 Å². The van der Waals surface area contributed by atoms with Gasteiger partial charge in [0.15, 0.2) is 0 Å². The maximum atomic E-state index is 5.53. The topological polar surface area (TPSA) is 73.3 Å². The van der Waals surface area contributed by atoms with E-state index < -0.39 is 0 Å². The minimum atomic E-state index is 0.0175. The lowest BCUT2D eigenvalue weighted by Gasteiger charge is -2.13. The number of methoxy groups -OCH3 is 1. The number of ether oxygens (including phenoxy) is 1. The summed E-state index contributed by atoms with van der Waals surface area (Å²) >= 11 is 0. The van der Waals surface area contributed by atoms with Crippen molar-refractivity contribution in [2.75, 3.05) is 7.11 Å². The Bertz CT molecular complexity index is 439. The van der Waals surface area contributed by atoms with Crippen LogP contribution in [0.25, 0.3) is 0 Å². The summed E-state index contributed by atoms with van der Waals surface area (Å²) in [6.07, 6.45) is 5.84. The molecule has 0 fully saturated rings. The van der Waals surface area contributed by atoms with Crippen LogP contribution in [-0.4, -0.2) is 12.1 Å². The first-order valence-electron chi connectivity index (χ1n) is 5.30. The van der Waals surface area contributed by atoms with Crippen molar-refractivity contribution in [3.63, 3.8) is 0 Å². The first-order chi connectivity index (χ1) is 8.33. The van der Waals surface area contributed by atoms with E-state index >= 15 is 0 Å². The molecule has 90 valence electrons. The minimum Gasteiger partial charge on any atom is -0.481 e. The predicted molar refractivity (Wildman–Crippen MR) is 63.3 cm³/mol. The van der Waals surface area contributed by atoms with E-state index in [-0.39, 0.29) is 6.04 Å². The fraction of sp³-hybridized carbons (Fsp3) is 0.250. The standard InChI is InChI=1S/C12H15N3O2/c1-16-12-3-2-9(7-14-12)6-11(15-13)10-4-5-17-8-10/h2-5,7-8,11,15H,6,13H2,1H3. The molecule has 2 heterocycles. The average molecular weight is 233 g/mol. The molecule has 1 atom stereocenters. The predicted octanol–water partition coefficient (Wildman–Crippen LogP) is 1.43. The maximum Gasteiger partial charge on any atom is 0.212 e. The van der Waals surface area contributed by atoms with E-state index in [1.807, 2.05) is 18.2 Å². The molecule has 0 aromatic carbocycles. The molecule has 2 rings (SSSR count). The molecule has 0 spiro atoms. The molecule has 0 aliphatic heterocycles. The quantitative estimate of drug-likeness (QED) is 0.603. The summed E-state index contributed by atoms with van der Waals surface area (Å²) in [6.45, 7) is 0. The first-order valence-corrected chi connectivity index (χ1v) is 5.30. The van der Waals surface area contributed by atoms with Crippen LogP contribution in [0, 0.1) is 0 Å². The third-order valence-electron chi connectivity index (χ3n) is 2.59. The molecule has 1 unspecified atom stereocenters. The monoisotopic (exact) mass is 233 g/mol. The van der Waals surface area contributed by atoms with E-state index in [2.05, 4.69) is 10.4 Å². The fourth-order valence-electron chi connectivity index (χ4n) is 1.63. The van der Waals surface area contributed by atoms with Crippen molar-refractivity contribution in [2.24, 2.45) is 5.84 Å². The molecular weight excluding hydrogens is 218 g/mol. The van der Waals surface area contributed by atoms with Gasteiger partial charge in [-0.05, 0) is 18.1 Å². The number of nitrogens with one attached hydrogen (secondary N) is 1. The summed E-state index contributed by atoms with van der Waals surface area (Å²) in [6, 6.07) is 5.71. The zero-order valence-corrected chi connectivity index (χ0v) is 9.59. The normalized spacial score (nSPS) is 12.4. The third kappa shape index (κ3) is 2.83. The molecule has 0 aliphatic carbocycles. The Morgan fingerprint density at radius 2 is 2.35 bits per heavy atom. The van der Waals surface area contributed by atoms with Gasteiger partial charge in [-0.15, -0.1) is 0 Å². The molecule has 0 amide bonds. The Balaban J connectivity index is 2.07. The fourth-order valence-corrected chi connectivity index (χ4v) is 1.63. The van der Waals surface area contributed by atoms with E-state index in [4.69, 9.17) is 15.0 Å². The summed E-state index contributed by atoms with van der Waals surface area (Å²) in [5.41, 5.74) is 4.86. The van der Waals surface area contributed by atoms with Crippen molar-refractivity contribution < 1.29 is 9.15 Å². The molecule has 0 radical (unpaired) electrons. The molecule has 0 bridgehead atoms. The van der Waals surface area contributed by atoms with Gasteiger partial charge in [-0.1, -0.05) is 6.07 Å². The number of nitrogens with two attached hydrogens (primary N) is 1. The van der Waals surface area contributed by atoms with Crippen LogP contribution in [0.5, 0.6) is 5.88 Å². The lowest BCUT2D eigenvalue weighted by Crippen LogP contribution is -2.29. The Kier molecular flexibility index (Phi) is 3.74. The van der Waals surface area contributed by atoms with Gasteiger partial charge in [0.05, 0.1) is 25.7 Å². The van der Waals surface area contributed by atoms with Gasteiger partial charge in [0.25, 0.3) is 0 Å². The summed E-state index contributed by atoms with van der Waals surface area (Å²) in [5, 5.41) is 0. The van der Waals surface area contributed by atoms with Gasteiger partial charge in [-0.25, -0.2) is 4.98 Å². The van der Waals surface area contributed by atoms with E-state index in [0.29, 0.717) is 5.88 Å². The Hall–Kier alpha value is -1.85. The van der Waals surface area contributed by atoms with Crippen LogP contribution in [0.15, 0.2) is 41.3 Å². The largest absolute Gasteiger partial charge is 0.481 e. The van der Waals surface area contributed by atoms with Gasteiger partial charge >= 0.3 is 0 Å². The zero-order valence-electron chi connectivity index (χ0n) is 9.59. The summed E-state index contributed by atoms with van der Waals surface area (Å²) in [4.78, 5) is 4.15. The van der Waals surface area contributed by atoms with Crippen molar-refractivity contribution in [3.8, 4) is 5.88 Å². The van der Waals surface area contributed by atoms with E-state index in [1.54, 1.807) is 25.8 Å². The third-order valence-corrected chi connectivity index (χ3v) is 2.59. The summed E-state index contributed by atoms with van der Waals surface area (Å²) in [5.74, 6) is 6.14. The zero-order chi connectivity index (χ0) is 12.1. The number of rotatable bonds is 5. The van der Waals surface area contributed by atoms with Gasteiger partial charge < -0.3 is 9.15 Å². The highest BCUT2D eigenvalue weighted by Gasteiger charge is 2.11. The molecular formula is C12H15N3O2. The van der Waals surface area contributed by atoms with Gasteiger partial charge in [0.1, 0.15) is 0 Å². The molecule has 0 saturated heterocycles. The Morgan fingerprint density at radius 3 is 2.88 bits per heavy atom. The number of hydrazine groups is 1. The molecule has 3 N–H and O–H groups in total. The van der Waals surface area contributed by atoms with Crippen LogP contribution in [0.1, 0.15) is 17.2 Å². The molecule has 2 aromatic rings. The number of aromatic nitrogens is 1. The number of hydrogen-bond donors (Lipinski definition) is 2. The molecule has 2 aromatic heterocycles. The van der Waals surface area contributed by atoms with Gasteiger partial charge in [-0.2, -0.15) is 0 Å². The van der Waals surface area contributed by atoms with E-state index in [9.17, 15) is 0 Å². The highest BCUT2D eigenvalue weighted by atomic mass is 16.5. The Morgan fingerprint density at radius 1 is 1.47 bits per heavy atom. The highest BCUT2D eigenvalue weighted by Crippen LogP contribution is 2.18.